The fourth-order valence-corrected chi connectivity index (χ4v) is 2.44. The summed E-state index contributed by atoms with van der Waals surface area (Å²) in [5, 5.41) is 0. The van der Waals surface area contributed by atoms with Crippen LogP contribution in [0.3, 0.4) is 0 Å². The highest BCUT2D eigenvalue weighted by atomic mass is 28.3. The molecule has 1 heterocycles. The molecule has 0 spiro atoms. The maximum atomic E-state index is 12.0. The summed E-state index contributed by atoms with van der Waals surface area (Å²) in [4.78, 5) is 2.00. The summed E-state index contributed by atoms with van der Waals surface area (Å²) in [7, 11) is 2.73. The SMILES string of the molecule is CCC1CCCCN1CCC(F)(F)F.CO[SiH2]OC. The van der Waals surface area contributed by atoms with Crippen molar-refractivity contribution in [2.45, 2.75) is 51.2 Å². The number of nitrogens with zero attached hydrogens (tertiary/aromatic N) is 1. The first kappa shape index (κ1) is 18.9. The molecule has 19 heavy (non-hydrogen) atoms. The normalized spacial score (nSPS) is 20.8. The van der Waals surface area contributed by atoms with Gasteiger partial charge in [-0.1, -0.05) is 13.3 Å². The molecule has 1 saturated heterocycles. The van der Waals surface area contributed by atoms with Crippen molar-refractivity contribution in [1.82, 2.24) is 4.90 Å². The number of hydrogen-bond donors (Lipinski definition) is 0. The number of rotatable bonds is 5. The fourth-order valence-electron chi connectivity index (χ4n) is 2.20. The first-order valence-corrected chi connectivity index (χ1v) is 7.88. The third-order valence-corrected chi connectivity index (χ3v) is 3.61. The molecule has 0 N–H and O–H groups in total. The van der Waals surface area contributed by atoms with Crippen LogP contribution >= 0.6 is 0 Å². The Kier molecular flexibility index (Phi) is 10.6. The summed E-state index contributed by atoms with van der Waals surface area (Å²) >= 11 is 0. The molecule has 1 unspecified atom stereocenters. The van der Waals surface area contributed by atoms with E-state index in [0.717, 1.165) is 25.8 Å². The molecule has 7 heteroatoms. The Balaban J connectivity index is 0.000000555. The molecule has 1 aliphatic heterocycles. The van der Waals surface area contributed by atoms with E-state index in [9.17, 15) is 13.2 Å². The number of piperidine rings is 1. The number of likely N-dealkylation sites (tertiary alicyclic amines) is 1. The van der Waals surface area contributed by atoms with Crippen LogP contribution in [0.2, 0.25) is 0 Å². The lowest BCUT2D eigenvalue weighted by atomic mass is 10.00. The van der Waals surface area contributed by atoms with Gasteiger partial charge in [0, 0.05) is 26.8 Å². The maximum Gasteiger partial charge on any atom is 0.390 e. The van der Waals surface area contributed by atoms with Gasteiger partial charge in [0.05, 0.1) is 6.42 Å². The zero-order valence-electron chi connectivity index (χ0n) is 12.1. The lowest BCUT2D eigenvalue weighted by Crippen LogP contribution is -2.40. The van der Waals surface area contributed by atoms with Gasteiger partial charge in [0.25, 0.3) is 0 Å². The van der Waals surface area contributed by atoms with E-state index in [0.29, 0.717) is 6.04 Å². The second kappa shape index (κ2) is 10.6. The average molecular weight is 301 g/mol. The van der Waals surface area contributed by atoms with Crippen molar-refractivity contribution >= 4 is 10.0 Å². The van der Waals surface area contributed by atoms with Crippen molar-refractivity contribution in [3.05, 3.63) is 0 Å². The highest BCUT2D eigenvalue weighted by Crippen LogP contribution is 2.24. The topological polar surface area (TPSA) is 21.7 Å². The van der Waals surface area contributed by atoms with Crippen LogP contribution in [0.15, 0.2) is 0 Å². The van der Waals surface area contributed by atoms with Crippen LogP contribution in [0.25, 0.3) is 0 Å². The van der Waals surface area contributed by atoms with E-state index in [1.54, 1.807) is 14.2 Å². The Bertz CT molecular complexity index is 216. The van der Waals surface area contributed by atoms with Crippen LogP contribution in [0.4, 0.5) is 13.2 Å². The van der Waals surface area contributed by atoms with Gasteiger partial charge in [0.1, 0.15) is 0 Å². The molecule has 1 rings (SSSR count). The quantitative estimate of drug-likeness (QED) is 0.728. The Morgan fingerprint density at radius 1 is 1.21 bits per heavy atom. The zero-order valence-corrected chi connectivity index (χ0v) is 13.5. The molecule has 0 saturated carbocycles. The van der Waals surface area contributed by atoms with Crippen molar-refractivity contribution in [1.29, 1.82) is 0 Å². The van der Waals surface area contributed by atoms with E-state index in [4.69, 9.17) is 0 Å². The van der Waals surface area contributed by atoms with Gasteiger partial charge in [-0.3, -0.25) is 0 Å². The lowest BCUT2D eigenvalue weighted by molar-refractivity contribution is -0.139. The van der Waals surface area contributed by atoms with E-state index in [1.807, 2.05) is 4.90 Å². The number of hydrogen-bond acceptors (Lipinski definition) is 3. The van der Waals surface area contributed by atoms with Crippen molar-refractivity contribution < 1.29 is 22.0 Å². The molecule has 1 aliphatic rings. The Morgan fingerprint density at radius 3 is 2.26 bits per heavy atom. The van der Waals surface area contributed by atoms with E-state index in [1.165, 1.54) is 6.42 Å². The minimum atomic E-state index is -4.00. The van der Waals surface area contributed by atoms with Crippen LogP contribution in [0, 0.1) is 0 Å². The highest BCUT2D eigenvalue weighted by molar-refractivity contribution is 6.17. The molecule has 116 valence electrons. The second-order valence-corrected chi connectivity index (χ2v) is 6.04. The largest absolute Gasteiger partial charge is 0.402 e. The fraction of sp³-hybridized carbons (Fsp3) is 1.00. The van der Waals surface area contributed by atoms with Gasteiger partial charge in [-0.25, -0.2) is 0 Å². The summed E-state index contributed by atoms with van der Waals surface area (Å²) < 4.78 is 45.3. The number of halogens is 3. The van der Waals surface area contributed by atoms with Crippen LogP contribution in [-0.2, 0) is 8.85 Å². The Labute approximate surface area is 116 Å². The number of alkyl halides is 3. The maximum absolute atomic E-state index is 12.0. The lowest BCUT2D eigenvalue weighted by Gasteiger charge is -2.35. The van der Waals surface area contributed by atoms with Crippen molar-refractivity contribution in [2.75, 3.05) is 27.3 Å². The molecule has 0 aromatic heterocycles. The molecular weight excluding hydrogens is 275 g/mol. The molecule has 0 bridgehead atoms. The minimum Gasteiger partial charge on any atom is -0.402 e. The molecule has 1 fully saturated rings. The molecule has 0 aromatic rings. The van der Waals surface area contributed by atoms with Crippen molar-refractivity contribution in [3.8, 4) is 0 Å². The van der Waals surface area contributed by atoms with E-state index in [2.05, 4.69) is 15.8 Å². The monoisotopic (exact) mass is 301 g/mol. The molecule has 3 nitrogen and oxygen atoms in total. The summed E-state index contributed by atoms with van der Waals surface area (Å²) in [6, 6.07) is 0.381. The molecular formula is C12H26F3NO2Si. The van der Waals surface area contributed by atoms with Crippen LogP contribution in [-0.4, -0.2) is 54.4 Å². The van der Waals surface area contributed by atoms with Gasteiger partial charge >= 0.3 is 16.2 Å². The minimum absolute atomic E-state index is 0.183. The van der Waals surface area contributed by atoms with Crippen molar-refractivity contribution in [3.63, 3.8) is 0 Å². The van der Waals surface area contributed by atoms with Crippen molar-refractivity contribution in [2.24, 2.45) is 0 Å². The van der Waals surface area contributed by atoms with Crippen LogP contribution in [0.1, 0.15) is 39.0 Å². The predicted molar refractivity (Wildman–Crippen MR) is 72.7 cm³/mol. The van der Waals surface area contributed by atoms with Gasteiger partial charge in [0.2, 0.25) is 0 Å². The summed E-state index contributed by atoms with van der Waals surface area (Å²) in [6.45, 7) is 3.08. The first-order valence-electron chi connectivity index (χ1n) is 6.73. The Morgan fingerprint density at radius 2 is 1.84 bits per heavy atom. The highest BCUT2D eigenvalue weighted by Gasteiger charge is 2.30. The van der Waals surface area contributed by atoms with Gasteiger partial charge in [-0.05, 0) is 25.8 Å². The standard InChI is InChI=1S/C10H18F3N.C2H8O2Si/c1-2-9-5-3-4-7-14(9)8-6-10(11,12)13;1-3-5-4-2/h9H,2-8H2,1H3;5H2,1-2H3. The van der Waals surface area contributed by atoms with Crippen LogP contribution in [0.5, 0.6) is 0 Å². The van der Waals surface area contributed by atoms with E-state index in [-0.39, 0.29) is 6.54 Å². The smallest absolute Gasteiger partial charge is 0.390 e. The molecule has 0 aliphatic carbocycles. The molecule has 0 amide bonds. The zero-order chi connectivity index (χ0) is 14.7. The third kappa shape index (κ3) is 10.3. The predicted octanol–water partition coefficient (Wildman–Crippen LogP) is 2.48. The average Bonchev–Trinajstić information content (AvgIpc) is 2.37. The molecule has 1 atom stereocenters. The van der Waals surface area contributed by atoms with E-state index < -0.39 is 22.6 Å². The van der Waals surface area contributed by atoms with E-state index >= 15 is 0 Å². The van der Waals surface area contributed by atoms with Gasteiger partial charge < -0.3 is 13.8 Å². The summed E-state index contributed by atoms with van der Waals surface area (Å²) in [5.74, 6) is 0. The third-order valence-electron chi connectivity index (χ3n) is 3.14. The second-order valence-electron chi connectivity index (χ2n) is 4.65. The summed E-state index contributed by atoms with van der Waals surface area (Å²) in [5.41, 5.74) is 0. The molecule has 0 aromatic carbocycles. The van der Waals surface area contributed by atoms with Gasteiger partial charge in [-0.15, -0.1) is 0 Å². The van der Waals surface area contributed by atoms with Gasteiger partial charge in [0.15, 0.2) is 0 Å². The van der Waals surface area contributed by atoms with Gasteiger partial charge in [-0.2, -0.15) is 13.2 Å². The molecule has 0 radical (unpaired) electrons. The Hall–Kier alpha value is -0.113. The first-order chi connectivity index (χ1) is 8.94. The summed E-state index contributed by atoms with van der Waals surface area (Å²) in [6.07, 6.45) is -0.416. The van der Waals surface area contributed by atoms with Crippen LogP contribution < -0.4 is 0 Å².